The van der Waals surface area contributed by atoms with Gasteiger partial charge in [0.05, 0.1) is 24.9 Å². The highest BCUT2D eigenvalue weighted by atomic mass is 31.2. The van der Waals surface area contributed by atoms with E-state index in [0.717, 1.165) is 25.7 Å². The third-order valence-corrected chi connectivity index (χ3v) is 9.81. The molecule has 0 amide bonds. The maximum atomic E-state index is 14.0. The molecule has 4 aliphatic rings. The van der Waals surface area contributed by atoms with E-state index in [2.05, 4.69) is 26.9 Å². The molecule has 0 radical (unpaired) electrons. The van der Waals surface area contributed by atoms with Crippen LogP contribution in [-0.2, 0) is 23.4 Å². The van der Waals surface area contributed by atoms with Crippen molar-refractivity contribution in [1.29, 1.82) is 0 Å². The predicted octanol–water partition coefficient (Wildman–Crippen LogP) is 1.73. The van der Waals surface area contributed by atoms with E-state index in [1.54, 1.807) is 35.3 Å². The van der Waals surface area contributed by atoms with Crippen molar-refractivity contribution in [2.24, 2.45) is 26.7 Å². The van der Waals surface area contributed by atoms with Crippen molar-refractivity contribution in [2.45, 2.75) is 81.6 Å². The summed E-state index contributed by atoms with van der Waals surface area (Å²) < 4.78 is 37.5. The predicted molar refractivity (Wildman–Crippen MR) is 159 cm³/mol. The fourth-order valence-corrected chi connectivity index (χ4v) is 7.62. The lowest BCUT2D eigenvalue weighted by molar-refractivity contribution is -0.150. The second kappa shape index (κ2) is 12.8. The van der Waals surface area contributed by atoms with Gasteiger partial charge in [-0.3, -0.25) is 19.3 Å². The molecule has 5 rings (SSSR count). The number of carbonyl (C=O) groups excluding carboxylic acids is 1. The van der Waals surface area contributed by atoms with E-state index in [9.17, 15) is 19.6 Å². The first-order valence-corrected chi connectivity index (χ1v) is 15.9. The highest BCUT2D eigenvalue weighted by Crippen LogP contribution is 2.48. The van der Waals surface area contributed by atoms with Crippen molar-refractivity contribution in [1.82, 2.24) is 10.1 Å². The average molecular weight is 619 g/mol. The number of amidine groups is 1. The Kier molecular flexibility index (Phi) is 9.35. The van der Waals surface area contributed by atoms with Crippen LogP contribution in [0.5, 0.6) is 5.75 Å². The molecule has 5 unspecified atom stereocenters. The lowest BCUT2D eigenvalue weighted by Crippen LogP contribution is -2.60. The van der Waals surface area contributed by atoms with Crippen LogP contribution in [0.1, 0.15) is 39.5 Å². The van der Waals surface area contributed by atoms with E-state index >= 15 is 0 Å². The number of ether oxygens (including phenoxy) is 2. The smallest absolute Gasteiger partial charge is 0.459 e. The maximum absolute atomic E-state index is 14.0. The summed E-state index contributed by atoms with van der Waals surface area (Å²) in [6.45, 7) is 6.43. The molecule has 3 aliphatic heterocycles. The number of benzene rings is 1. The van der Waals surface area contributed by atoms with Crippen molar-refractivity contribution in [3.05, 3.63) is 42.1 Å². The molecule has 8 atom stereocenters. The minimum Gasteiger partial charge on any atom is -0.461 e. The molecule has 43 heavy (non-hydrogen) atoms. The first kappa shape index (κ1) is 31.3. The number of nitrogens with two attached hydrogens (primary N) is 1. The number of para-hydroxylation sites is 1. The van der Waals surface area contributed by atoms with Gasteiger partial charge in [0.2, 0.25) is 0 Å². The van der Waals surface area contributed by atoms with E-state index in [4.69, 9.17) is 24.3 Å². The van der Waals surface area contributed by atoms with Crippen molar-refractivity contribution in [3.63, 3.8) is 0 Å². The Hall–Kier alpha value is -3.13. The molecule has 1 aromatic rings. The quantitative estimate of drug-likeness (QED) is 0.152. The summed E-state index contributed by atoms with van der Waals surface area (Å²) in [5.41, 5.74) is 5.13. The molecule has 1 aliphatic carbocycles. The van der Waals surface area contributed by atoms with Crippen LogP contribution in [0.2, 0.25) is 0 Å². The third kappa shape index (κ3) is 6.40. The number of rotatable bonds is 12. The fraction of sp³-hybridized carbons (Fsp3) is 0.571. The number of nitrogens with zero attached hydrogens (tertiary/aromatic N) is 4. The van der Waals surface area contributed by atoms with Gasteiger partial charge in [-0.25, -0.2) is 9.56 Å². The van der Waals surface area contributed by atoms with Crippen molar-refractivity contribution in [3.8, 4) is 5.75 Å². The zero-order valence-electron chi connectivity index (χ0n) is 24.2. The number of nitrogens with one attached hydrogen (secondary N) is 1. The molecular weight excluding hydrogens is 579 g/mol. The lowest BCUT2D eigenvalue weighted by Gasteiger charge is -2.42. The molecule has 2 fully saturated rings. The number of carbonyl (C=O) groups is 1. The minimum absolute atomic E-state index is 0.0958. The molecule has 0 bridgehead atoms. The molecule has 234 valence electrons. The molecular formula is C28H39N6O8P. The molecule has 3 heterocycles. The molecule has 15 heteroatoms. The monoisotopic (exact) mass is 618 g/mol. The summed E-state index contributed by atoms with van der Waals surface area (Å²) in [6.07, 6.45) is 2.43. The lowest BCUT2D eigenvalue weighted by atomic mass is 9.81. The number of aliphatic hydroxyl groups is 2. The Morgan fingerprint density at radius 2 is 2.05 bits per heavy atom. The van der Waals surface area contributed by atoms with Gasteiger partial charge >= 0.3 is 13.7 Å². The summed E-state index contributed by atoms with van der Waals surface area (Å²) in [4.78, 5) is 20.8. The Morgan fingerprint density at radius 1 is 1.33 bits per heavy atom. The summed E-state index contributed by atoms with van der Waals surface area (Å²) >= 11 is 0. The standard InChI is InChI=1S/C28H39N6O8P/c1-17-13-21-26(29)31-16-32-34(21)24(17)28(15-30-3)25(36)23(35)22(41-28)14-39-43(38,42-20-11-5-4-6-12-20)33-18(2)27(37)40-19-9-7-8-10-19/h4-6,11-13,16-19,22-25,35-36H,3,7-10,14-15H2,1-2H3,(H,33,38)(H2,29,31,32)/t17?,18-,22?,23?,24?,25+,28-,43?/m0/s1. The number of hydrogen-bond acceptors (Lipinski definition) is 13. The SMILES string of the molecule is C=NC[C@@]1(C2C(C)C=C3C(N)=NC=NN32)OC(COP(=O)(N[C@@H](C)C(=O)OC2CCCC2)Oc2ccccc2)C(O)[C@H]1O. The normalized spacial score (nSPS) is 32.5. The van der Waals surface area contributed by atoms with E-state index in [0.29, 0.717) is 5.70 Å². The highest BCUT2D eigenvalue weighted by molar-refractivity contribution is 7.52. The average Bonchev–Trinajstić information content (AvgIpc) is 3.67. The Labute approximate surface area is 250 Å². The fourth-order valence-electron chi connectivity index (χ4n) is 6.12. The summed E-state index contributed by atoms with van der Waals surface area (Å²) in [5, 5.41) is 31.2. The van der Waals surface area contributed by atoms with Crippen LogP contribution in [-0.4, -0.2) is 95.3 Å². The van der Waals surface area contributed by atoms with Crippen LogP contribution in [0.25, 0.3) is 0 Å². The molecule has 1 saturated carbocycles. The molecule has 1 saturated heterocycles. The molecule has 5 N–H and O–H groups in total. The van der Waals surface area contributed by atoms with Crippen LogP contribution in [0, 0.1) is 5.92 Å². The van der Waals surface area contributed by atoms with Crippen LogP contribution < -0.4 is 15.3 Å². The zero-order chi connectivity index (χ0) is 30.8. The second-order valence-electron chi connectivity index (χ2n) is 11.3. The summed E-state index contributed by atoms with van der Waals surface area (Å²) in [7, 11) is -4.26. The second-order valence-corrected chi connectivity index (χ2v) is 13.0. The van der Waals surface area contributed by atoms with Crippen LogP contribution in [0.3, 0.4) is 0 Å². The van der Waals surface area contributed by atoms with Crippen molar-refractivity contribution in [2.75, 3.05) is 13.2 Å². The van der Waals surface area contributed by atoms with Gasteiger partial charge in [0.25, 0.3) is 0 Å². The van der Waals surface area contributed by atoms with Crippen LogP contribution in [0.4, 0.5) is 0 Å². The van der Waals surface area contributed by atoms with Gasteiger partial charge < -0.3 is 29.9 Å². The molecule has 14 nitrogen and oxygen atoms in total. The van der Waals surface area contributed by atoms with E-state index in [1.807, 2.05) is 13.0 Å². The minimum atomic E-state index is -4.26. The Morgan fingerprint density at radius 3 is 2.74 bits per heavy atom. The van der Waals surface area contributed by atoms with Gasteiger partial charge in [-0.2, -0.15) is 10.2 Å². The largest absolute Gasteiger partial charge is 0.461 e. The molecule has 1 aromatic carbocycles. The maximum Gasteiger partial charge on any atom is 0.459 e. The van der Waals surface area contributed by atoms with Gasteiger partial charge in [0, 0.05) is 5.92 Å². The number of aliphatic hydroxyl groups excluding tert-OH is 2. The van der Waals surface area contributed by atoms with E-state index < -0.39 is 56.3 Å². The van der Waals surface area contributed by atoms with E-state index in [1.165, 1.54) is 13.3 Å². The first-order valence-electron chi connectivity index (χ1n) is 14.4. The van der Waals surface area contributed by atoms with Gasteiger partial charge in [-0.1, -0.05) is 31.2 Å². The Bertz CT molecular complexity index is 1320. The zero-order valence-corrected chi connectivity index (χ0v) is 25.1. The van der Waals surface area contributed by atoms with Gasteiger partial charge in [0.1, 0.15) is 48.1 Å². The van der Waals surface area contributed by atoms with E-state index in [-0.39, 0.29) is 30.2 Å². The van der Waals surface area contributed by atoms with Gasteiger partial charge in [0.15, 0.2) is 5.84 Å². The molecule has 0 aromatic heterocycles. The molecule has 0 spiro atoms. The Balaban J connectivity index is 1.34. The number of hydrogen-bond donors (Lipinski definition) is 4. The first-order chi connectivity index (χ1) is 20.6. The topological polar surface area (TPSA) is 190 Å². The third-order valence-electron chi connectivity index (χ3n) is 8.17. The van der Waals surface area contributed by atoms with Crippen LogP contribution >= 0.6 is 7.75 Å². The number of fused-ring (bicyclic) bond motifs is 1. The van der Waals surface area contributed by atoms with Crippen molar-refractivity contribution < 1.29 is 38.1 Å². The number of hydrazone groups is 1. The number of aliphatic imine (C=N–C) groups is 2. The van der Waals surface area contributed by atoms with Gasteiger partial charge in [-0.15, -0.1) is 0 Å². The number of esters is 1. The highest BCUT2D eigenvalue weighted by Gasteiger charge is 2.62. The van der Waals surface area contributed by atoms with Crippen molar-refractivity contribution >= 4 is 32.6 Å². The summed E-state index contributed by atoms with van der Waals surface area (Å²) in [6, 6.07) is 6.66. The van der Waals surface area contributed by atoms with Crippen LogP contribution in [0.15, 0.2) is 57.2 Å². The van der Waals surface area contributed by atoms with Gasteiger partial charge in [-0.05, 0) is 51.5 Å². The summed E-state index contributed by atoms with van der Waals surface area (Å²) in [5.74, 6) is -0.347.